The van der Waals surface area contributed by atoms with Crippen LogP contribution in [0.3, 0.4) is 0 Å². The zero-order valence-electron chi connectivity index (χ0n) is 16.5. The van der Waals surface area contributed by atoms with E-state index in [4.69, 9.17) is 4.74 Å². The quantitative estimate of drug-likeness (QED) is 0.801. The number of hydrogen-bond acceptors (Lipinski definition) is 6. The third kappa shape index (κ3) is 4.78. The molecule has 6 heteroatoms. The minimum atomic E-state index is -0.404. The molecule has 1 aromatic heterocycles. The number of aryl methyl sites for hydroxylation is 1. The monoisotopic (exact) mass is 370 g/mol. The number of nitrogens with one attached hydrogen (secondary N) is 1. The zero-order chi connectivity index (χ0) is 19.2. The van der Waals surface area contributed by atoms with Crippen LogP contribution in [-0.4, -0.2) is 42.7 Å². The summed E-state index contributed by atoms with van der Waals surface area (Å²) in [7, 11) is 0. The Labute approximate surface area is 161 Å². The predicted octanol–water partition coefficient (Wildman–Crippen LogP) is 3.33. The van der Waals surface area contributed by atoms with Gasteiger partial charge in [-0.15, -0.1) is 0 Å². The molecule has 2 fully saturated rings. The van der Waals surface area contributed by atoms with E-state index in [0.29, 0.717) is 41.3 Å². The van der Waals surface area contributed by atoms with E-state index in [2.05, 4.69) is 21.3 Å². The first kappa shape index (κ1) is 19.6. The number of rotatable bonds is 5. The van der Waals surface area contributed by atoms with Crippen molar-refractivity contribution in [2.24, 2.45) is 0 Å². The summed E-state index contributed by atoms with van der Waals surface area (Å²) in [6.45, 7) is 5.62. The van der Waals surface area contributed by atoms with Crippen molar-refractivity contribution < 1.29 is 9.53 Å². The number of carbonyl (C=O) groups excluding carboxylic acids is 1. The Hall–Kier alpha value is -2.13. The first-order valence-corrected chi connectivity index (χ1v) is 10.2. The second-order valence-corrected chi connectivity index (χ2v) is 7.59. The average Bonchev–Trinajstić information content (AvgIpc) is 2.69. The molecular weight excluding hydrogens is 340 g/mol. The van der Waals surface area contributed by atoms with Crippen molar-refractivity contribution in [1.82, 2.24) is 10.3 Å². The van der Waals surface area contributed by atoms with Gasteiger partial charge < -0.3 is 15.0 Å². The normalized spacial score (nSPS) is 18.9. The van der Waals surface area contributed by atoms with Gasteiger partial charge in [-0.1, -0.05) is 19.3 Å². The number of nitrogens with zero attached hydrogens (tertiary/aromatic N) is 3. The fourth-order valence-corrected chi connectivity index (χ4v) is 4.17. The predicted molar refractivity (Wildman–Crippen MR) is 105 cm³/mol. The minimum absolute atomic E-state index is 0.307. The third-order valence-corrected chi connectivity index (χ3v) is 5.68. The second kappa shape index (κ2) is 9.18. The highest BCUT2D eigenvalue weighted by Crippen LogP contribution is 2.26. The van der Waals surface area contributed by atoms with Crippen LogP contribution < -0.4 is 10.2 Å². The number of pyridine rings is 1. The maximum Gasteiger partial charge on any atom is 0.341 e. The molecule has 1 saturated carbocycles. The summed E-state index contributed by atoms with van der Waals surface area (Å²) in [6.07, 6.45) is 8.73. The van der Waals surface area contributed by atoms with Crippen LogP contribution >= 0.6 is 0 Å². The number of carbonyl (C=O) groups is 1. The number of aromatic nitrogens is 1. The maximum atomic E-state index is 12.4. The van der Waals surface area contributed by atoms with Crippen molar-refractivity contribution in [1.29, 1.82) is 5.26 Å². The van der Waals surface area contributed by atoms with Crippen LogP contribution in [0, 0.1) is 18.3 Å². The molecule has 6 nitrogen and oxygen atoms in total. The first-order chi connectivity index (χ1) is 13.1. The highest BCUT2D eigenvalue weighted by atomic mass is 16.5. The Kier molecular flexibility index (Phi) is 6.68. The van der Waals surface area contributed by atoms with E-state index in [1.165, 1.54) is 32.1 Å². The second-order valence-electron chi connectivity index (χ2n) is 7.59. The molecule has 0 atom stereocenters. The Balaban J connectivity index is 1.70. The number of nitriles is 1. The molecule has 0 radical (unpaired) electrons. The van der Waals surface area contributed by atoms with Crippen LogP contribution in [0.4, 0.5) is 5.82 Å². The molecule has 2 aliphatic rings. The number of anilines is 1. The molecule has 146 valence electrons. The van der Waals surface area contributed by atoms with Gasteiger partial charge in [0.25, 0.3) is 0 Å². The fourth-order valence-electron chi connectivity index (χ4n) is 4.17. The molecule has 0 bridgehead atoms. The highest BCUT2D eigenvalue weighted by Gasteiger charge is 2.27. The van der Waals surface area contributed by atoms with Crippen molar-refractivity contribution in [2.45, 2.75) is 70.9 Å². The van der Waals surface area contributed by atoms with Crippen LogP contribution in [0.1, 0.15) is 73.5 Å². The van der Waals surface area contributed by atoms with Crippen LogP contribution in [0.2, 0.25) is 0 Å². The van der Waals surface area contributed by atoms with E-state index in [1.807, 2.05) is 6.92 Å². The summed E-state index contributed by atoms with van der Waals surface area (Å²) >= 11 is 0. The van der Waals surface area contributed by atoms with Gasteiger partial charge in [-0.05, 0) is 45.6 Å². The van der Waals surface area contributed by atoms with Gasteiger partial charge in [-0.25, -0.2) is 9.78 Å². The van der Waals surface area contributed by atoms with Crippen LogP contribution in [0.25, 0.3) is 0 Å². The SMILES string of the molecule is CCOC(=O)c1cc(C#N)c(C)nc1N1CCC(NC2CCCCC2)CC1. The summed E-state index contributed by atoms with van der Waals surface area (Å²) in [4.78, 5) is 19.2. The molecular formula is C21H30N4O2. The van der Waals surface area contributed by atoms with E-state index in [9.17, 15) is 10.1 Å². The number of hydrogen-bond donors (Lipinski definition) is 1. The van der Waals surface area contributed by atoms with Gasteiger partial charge in [0.15, 0.2) is 0 Å². The molecule has 1 saturated heterocycles. The number of ether oxygens (including phenoxy) is 1. The van der Waals surface area contributed by atoms with Crippen molar-refractivity contribution in [2.75, 3.05) is 24.6 Å². The van der Waals surface area contributed by atoms with E-state index in [0.717, 1.165) is 25.9 Å². The van der Waals surface area contributed by atoms with Crippen molar-refractivity contribution in [3.05, 3.63) is 22.9 Å². The topological polar surface area (TPSA) is 78.2 Å². The van der Waals surface area contributed by atoms with E-state index < -0.39 is 5.97 Å². The lowest BCUT2D eigenvalue weighted by atomic mass is 9.93. The molecule has 1 aromatic rings. The lowest BCUT2D eigenvalue weighted by Crippen LogP contribution is -2.47. The smallest absolute Gasteiger partial charge is 0.341 e. The molecule has 0 amide bonds. The largest absolute Gasteiger partial charge is 0.462 e. The maximum absolute atomic E-state index is 12.4. The fraction of sp³-hybridized carbons (Fsp3) is 0.667. The highest BCUT2D eigenvalue weighted by molar-refractivity contribution is 5.95. The van der Waals surface area contributed by atoms with E-state index in [1.54, 1.807) is 13.0 Å². The first-order valence-electron chi connectivity index (χ1n) is 10.2. The van der Waals surface area contributed by atoms with Crippen LogP contribution in [-0.2, 0) is 4.74 Å². The molecule has 0 spiro atoms. The van der Waals surface area contributed by atoms with Gasteiger partial charge in [0.1, 0.15) is 17.5 Å². The van der Waals surface area contributed by atoms with Gasteiger partial charge in [-0.2, -0.15) is 5.26 Å². The summed E-state index contributed by atoms with van der Waals surface area (Å²) in [6, 6.07) is 4.95. The molecule has 1 aliphatic carbocycles. The summed E-state index contributed by atoms with van der Waals surface area (Å²) in [5.74, 6) is 0.250. The van der Waals surface area contributed by atoms with E-state index >= 15 is 0 Å². The Morgan fingerprint density at radius 1 is 1.26 bits per heavy atom. The van der Waals surface area contributed by atoms with E-state index in [-0.39, 0.29) is 0 Å². The van der Waals surface area contributed by atoms with Crippen molar-refractivity contribution in [3.63, 3.8) is 0 Å². The molecule has 27 heavy (non-hydrogen) atoms. The Morgan fingerprint density at radius 2 is 1.93 bits per heavy atom. The van der Waals surface area contributed by atoms with Gasteiger partial charge in [0.2, 0.25) is 0 Å². The Bertz CT molecular complexity index is 699. The summed E-state index contributed by atoms with van der Waals surface area (Å²) in [5.41, 5.74) is 1.48. The summed E-state index contributed by atoms with van der Waals surface area (Å²) < 4.78 is 5.19. The van der Waals surface area contributed by atoms with Gasteiger partial charge >= 0.3 is 5.97 Å². The molecule has 3 rings (SSSR count). The molecule has 1 N–H and O–H groups in total. The lowest BCUT2D eigenvalue weighted by Gasteiger charge is -2.36. The van der Waals surface area contributed by atoms with Gasteiger partial charge in [-0.3, -0.25) is 0 Å². The van der Waals surface area contributed by atoms with Gasteiger partial charge in [0, 0.05) is 25.2 Å². The minimum Gasteiger partial charge on any atom is -0.462 e. The lowest BCUT2D eigenvalue weighted by molar-refractivity contribution is 0.0526. The van der Waals surface area contributed by atoms with Crippen LogP contribution in [0.15, 0.2) is 6.07 Å². The molecule has 0 unspecified atom stereocenters. The molecule has 0 aromatic carbocycles. The van der Waals surface area contributed by atoms with Crippen molar-refractivity contribution in [3.8, 4) is 6.07 Å². The van der Waals surface area contributed by atoms with Crippen molar-refractivity contribution >= 4 is 11.8 Å². The zero-order valence-corrected chi connectivity index (χ0v) is 16.5. The number of esters is 1. The number of piperidine rings is 1. The van der Waals surface area contributed by atoms with Crippen LogP contribution in [0.5, 0.6) is 0 Å². The average molecular weight is 370 g/mol. The third-order valence-electron chi connectivity index (χ3n) is 5.68. The molecule has 1 aliphatic heterocycles. The van der Waals surface area contributed by atoms with Gasteiger partial charge in [0.05, 0.1) is 17.9 Å². The standard InChI is InChI=1S/C21H30N4O2/c1-3-27-21(26)19-13-16(14-22)15(2)23-20(19)25-11-9-18(10-12-25)24-17-7-5-4-6-8-17/h13,17-18,24H,3-12H2,1-2H3. The summed E-state index contributed by atoms with van der Waals surface area (Å²) in [5, 5.41) is 13.1. The Morgan fingerprint density at radius 3 is 2.56 bits per heavy atom. The molecule has 2 heterocycles.